The van der Waals surface area contributed by atoms with Crippen molar-refractivity contribution < 1.29 is 8.42 Å². The average molecular weight is 335 g/mol. The second-order valence-corrected chi connectivity index (χ2v) is 6.90. The lowest BCUT2D eigenvalue weighted by Gasteiger charge is -2.01. The number of nitrogens with zero attached hydrogens (tertiary/aromatic N) is 3. The van der Waals surface area contributed by atoms with Crippen LogP contribution in [0.1, 0.15) is 0 Å². The van der Waals surface area contributed by atoms with Gasteiger partial charge in [-0.05, 0) is 18.2 Å². The number of halogens is 2. The van der Waals surface area contributed by atoms with Gasteiger partial charge in [0, 0.05) is 22.2 Å². The van der Waals surface area contributed by atoms with Crippen molar-refractivity contribution in [2.45, 2.75) is 6.54 Å². The highest BCUT2D eigenvalue weighted by Gasteiger charge is 2.07. The van der Waals surface area contributed by atoms with Crippen LogP contribution < -0.4 is 4.72 Å². The van der Waals surface area contributed by atoms with Gasteiger partial charge in [0.25, 0.3) is 0 Å². The molecule has 0 saturated heterocycles. The van der Waals surface area contributed by atoms with Crippen molar-refractivity contribution in [2.24, 2.45) is 0 Å². The summed E-state index contributed by atoms with van der Waals surface area (Å²) in [6.07, 6.45) is 2.81. The molecule has 0 aliphatic heterocycles. The van der Waals surface area contributed by atoms with Crippen molar-refractivity contribution in [3.05, 3.63) is 34.4 Å². The van der Waals surface area contributed by atoms with Crippen LogP contribution in [0.4, 0.5) is 0 Å². The van der Waals surface area contributed by atoms with E-state index in [-0.39, 0.29) is 6.54 Å². The first-order chi connectivity index (χ1) is 9.33. The van der Waals surface area contributed by atoms with E-state index in [4.69, 9.17) is 23.2 Å². The fourth-order valence-electron chi connectivity index (χ4n) is 1.59. The summed E-state index contributed by atoms with van der Waals surface area (Å²) in [6, 6.07) is 5.10. The van der Waals surface area contributed by atoms with Gasteiger partial charge in [0.1, 0.15) is 5.69 Å². The summed E-state index contributed by atoms with van der Waals surface area (Å²) in [7, 11) is -3.20. The van der Waals surface area contributed by atoms with Crippen molar-refractivity contribution in [1.82, 2.24) is 19.7 Å². The zero-order valence-electron chi connectivity index (χ0n) is 10.5. The van der Waals surface area contributed by atoms with E-state index in [2.05, 4.69) is 15.0 Å². The van der Waals surface area contributed by atoms with Crippen molar-refractivity contribution in [1.29, 1.82) is 0 Å². The quantitative estimate of drug-likeness (QED) is 0.904. The molecule has 108 valence electrons. The predicted molar refractivity (Wildman–Crippen MR) is 78.3 cm³/mol. The van der Waals surface area contributed by atoms with Crippen LogP contribution in [0, 0.1) is 0 Å². The molecule has 2 rings (SSSR count). The van der Waals surface area contributed by atoms with Crippen molar-refractivity contribution in [3.8, 4) is 11.3 Å². The molecule has 2 aromatic rings. The normalized spacial score (nSPS) is 11.8. The molecule has 0 spiro atoms. The fourth-order valence-corrected chi connectivity index (χ4v) is 2.58. The molecule has 6 nitrogen and oxygen atoms in total. The van der Waals surface area contributed by atoms with E-state index in [1.54, 1.807) is 29.1 Å². The number of rotatable bonds is 5. The first-order valence-corrected chi connectivity index (χ1v) is 8.29. The van der Waals surface area contributed by atoms with E-state index in [0.717, 1.165) is 11.8 Å². The smallest absolute Gasteiger partial charge is 0.208 e. The van der Waals surface area contributed by atoms with Gasteiger partial charge >= 0.3 is 0 Å². The standard InChI is InChI=1S/C11H12Cl2N4O2S/c1-20(18,19)14-2-3-17-7-11(15-16-17)8-4-9(12)6-10(13)5-8/h4-7,14H,2-3H2,1H3. The van der Waals surface area contributed by atoms with Gasteiger partial charge in [0.15, 0.2) is 0 Å². The van der Waals surface area contributed by atoms with Crippen LogP contribution in [0.15, 0.2) is 24.4 Å². The molecule has 0 unspecified atom stereocenters. The van der Waals surface area contributed by atoms with Gasteiger partial charge in [-0.15, -0.1) is 5.10 Å². The Hall–Kier alpha value is -1.15. The summed E-state index contributed by atoms with van der Waals surface area (Å²) in [5.74, 6) is 0. The molecule has 0 atom stereocenters. The third kappa shape index (κ3) is 4.45. The van der Waals surface area contributed by atoms with Crippen LogP contribution in [0.3, 0.4) is 0 Å². The van der Waals surface area contributed by atoms with Crippen LogP contribution in [0.2, 0.25) is 10.0 Å². The SMILES string of the molecule is CS(=O)(=O)NCCn1cc(-c2cc(Cl)cc(Cl)c2)nn1. The molecule has 0 saturated carbocycles. The van der Waals surface area contributed by atoms with Crippen molar-refractivity contribution >= 4 is 33.2 Å². The minimum Gasteiger partial charge on any atom is -0.251 e. The van der Waals surface area contributed by atoms with Gasteiger partial charge in [0.2, 0.25) is 10.0 Å². The average Bonchev–Trinajstić information content (AvgIpc) is 2.74. The molecule has 0 fully saturated rings. The number of hydrogen-bond donors (Lipinski definition) is 1. The van der Waals surface area contributed by atoms with E-state index in [1.165, 1.54) is 0 Å². The van der Waals surface area contributed by atoms with E-state index in [0.29, 0.717) is 22.3 Å². The lowest BCUT2D eigenvalue weighted by molar-refractivity contribution is 0.556. The minimum atomic E-state index is -3.20. The Balaban J connectivity index is 2.08. The molecule has 0 bridgehead atoms. The number of hydrogen-bond acceptors (Lipinski definition) is 4. The molecule has 9 heteroatoms. The molecule has 0 radical (unpaired) electrons. The number of sulfonamides is 1. The molecule has 1 aromatic heterocycles. The molecule has 0 amide bonds. The largest absolute Gasteiger partial charge is 0.251 e. The van der Waals surface area contributed by atoms with Gasteiger partial charge in [-0.1, -0.05) is 28.4 Å². The van der Waals surface area contributed by atoms with E-state index in [9.17, 15) is 8.42 Å². The Kier molecular flexibility index (Phi) is 4.64. The molecule has 0 aliphatic rings. The van der Waals surface area contributed by atoms with E-state index >= 15 is 0 Å². The molecule has 1 heterocycles. The second kappa shape index (κ2) is 6.09. The Morgan fingerprint density at radius 2 is 1.90 bits per heavy atom. The number of aromatic nitrogens is 3. The van der Waals surface area contributed by atoms with Gasteiger partial charge in [-0.3, -0.25) is 4.68 Å². The Bertz CT molecular complexity index is 695. The van der Waals surface area contributed by atoms with Gasteiger partial charge in [-0.25, -0.2) is 13.1 Å². The van der Waals surface area contributed by atoms with Gasteiger partial charge in [-0.2, -0.15) is 0 Å². The van der Waals surface area contributed by atoms with Gasteiger partial charge < -0.3 is 0 Å². The van der Waals surface area contributed by atoms with Crippen LogP contribution in [0.25, 0.3) is 11.3 Å². The highest BCUT2D eigenvalue weighted by atomic mass is 35.5. The fraction of sp³-hybridized carbons (Fsp3) is 0.273. The highest BCUT2D eigenvalue weighted by Crippen LogP contribution is 2.25. The molecular weight excluding hydrogens is 323 g/mol. The summed E-state index contributed by atoms with van der Waals surface area (Å²) < 4.78 is 25.8. The number of benzene rings is 1. The Morgan fingerprint density at radius 3 is 2.50 bits per heavy atom. The van der Waals surface area contributed by atoms with E-state index < -0.39 is 10.0 Å². The van der Waals surface area contributed by atoms with Crippen LogP contribution in [0.5, 0.6) is 0 Å². The predicted octanol–water partition coefficient (Wildman–Crippen LogP) is 1.80. The Morgan fingerprint density at radius 1 is 1.25 bits per heavy atom. The first-order valence-electron chi connectivity index (χ1n) is 5.65. The topological polar surface area (TPSA) is 76.9 Å². The summed E-state index contributed by atoms with van der Waals surface area (Å²) >= 11 is 11.8. The Labute approximate surface area is 126 Å². The molecule has 1 N–H and O–H groups in total. The van der Waals surface area contributed by atoms with Crippen molar-refractivity contribution in [3.63, 3.8) is 0 Å². The van der Waals surface area contributed by atoms with Crippen LogP contribution in [-0.4, -0.2) is 36.2 Å². The molecule has 0 aliphatic carbocycles. The maximum atomic E-state index is 10.9. The zero-order chi connectivity index (χ0) is 14.8. The summed E-state index contributed by atoms with van der Waals surface area (Å²) in [5.41, 5.74) is 1.37. The summed E-state index contributed by atoms with van der Waals surface area (Å²) in [4.78, 5) is 0. The summed E-state index contributed by atoms with van der Waals surface area (Å²) in [5, 5.41) is 8.95. The maximum Gasteiger partial charge on any atom is 0.208 e. The third-order valence-corrected chi connectivity index (χ3v) is 3.57. The molecule has 20 heavy (non-hydrogen) atoms. The number of nitrogens with one attached hydrogen (secondary N) is 1. The lowest BCUT2D eigenvalue weighted by atomic mass is 10.2. The van der Waals surface area contributed by atoms with Crippen molar-refractivity contribution in [2.75, 3.05) is 12.8 Å². The monoisotopic (exact) mass is 334 g/mol. The lowest BCUT2D eigenvalue weighted by Crippen LogP contribution is -2.26. The van der Waals surface area contributed by atoms with Gasteiger partial charge in [0.05, 0.1) is 19.0 Å². The van der Waals surface area contributed by atoms with Crippen LogP contribution in [-0.2, 0) is 16.6 Å². The van der Waals surface area contributed by atoms with Crippen LogP contribution >= 0.6 is 23.2 Å². The first kappa shape index (κ1) is 15.2. The minimum absolute atomic E-state index is 0.248. The molecule has 1 aromatic carbocycles. The highest BCUT2D eigenvalue weighted by molar-refractivity contribution is 7.88. The summed E-state index contributed by atoms with van der Waals surface area (Å²) in [6.45, 7) is 0.631. The maximum absolute atomic E-state index is 10.9. The van der Waals surface area contributed by atoms with E-state index in [1.807, 2.05) is 0 Å². The second-order valence-electron chi connectivity index (χ2n) is 4.19. The third-order valence-electron chi connectivity index (χ3n) is 2.40. The molecular formula is C11H12Cl2N4O2S. The zero-order valence-corrected chi connectivity index (χ0v) is 12.9.